The molecule has 0 spiro atoms. The molecule has 1 amide bonds. The van der Waals surface area contributed by atoms with E-state index >= 15 is 0 Å². The van der Waals surface area contributed by atoms with Crippen LogP contribution in [0.2, 0.25) is 0 Å². The van der Waals surface area contributed by atoms with Gasteiger partial charge in [-0.15, -0.1) is 0 Å². The van der Waals surface area contributed by atoms with E-state index in [1.807, 2.05) is 29.1 Å². The zero-order chi connectivity index (χ0) is 18.1. The second kappa shape index (κ2) is 6.78. The maximum absolute atomic E-state index is 12.6. The first-order valence-corrected chi connectivity index (χ1v) is 8.95. The number of hydrogen-bond donors (Lipinski definition) is 1. The van der Waals surface area contributed by atoms with Gasteiger partial charge in [0.15, 0.2) is 5.89 Å². The molecule has 0 fully saturated rings. The summed E-state index contributed by atoms with van der Waals surface area (Å²) in [5.41, 5.74) is 4.15. The molecule has 6 nitrogen and oxygen atoms in total. The van der Waals surface area contributed by atoms with Crippen LogP contribution < -0.4 is 5.32 Å². The van der Waals surface area contributed by atoms with Crippen LogP contribution >= 0.6 is 0 Å². The number of aromatic nitrogens is 3. The first-order chi connectivity index (χ1) is 12.6. The maximum Gasteiger partial charge on any atom is 0.289 e. The molecule has 1 aliphatic carbocycles. The highest BCUT2D eigenvalue weighted by Gasteiger charge is 2.27. The van der Waals surface area contributed by atoms with Gasteiger partial charge in [0.25, 0.3) is 5.91 Å². The number of nitrogens with one attached hydrogen (secondary N) is 1. The van der Waals surface area contributed by atoms with Gasteiger partial charge in [0.1, 0.15) is 0 Å². The summed E-state index contributed by atoms with van der Waals surface area (Å²) in [7, 11) is 0. The van der Waals surface area contributed by atoms with Crippen molar-refractivity contribution in [3.63, 3.8) is 0 Å². The van der Waals surface area contributed by atoms with Crippen molar-refractivity contribution in [2.75, 3.05) is 0 Å². The van der Waals surface area contributed by atoms with Gasteiger partial charge in [0, 0.05) is 18.2 Å². The number of hydrogen-bond acceptors (Lipinski definition) is 4. The minimum atomic E-state index is -0.211. The Labute approximate surface area is 152 Å². The van der Waals surface area contributed by atoms with E-state index in [4.69, 9.17) is 4.42 Å². The summed E-state index contributed by atoms with van der Waals surface area (Å²) < 4.78 is 7.49. The Kier molecular flexibility index (Phi) is 4.32. The molecule has 0 radical (unpaired) electrons. The lowest BCUT2D eigenvalue weighted by Gasteiger charge is -2.24. The number of fused-ring (bicyclic) bond motifs is 1. The Morgan fingerprint density at radius 1 is 1.31 bits per heavy atom. The number of rotatable bonds is 4. The third kappa shape index (κ3) is 3.14. The molecule has 0 saturated heterocycles. The number of carbonyl (C=O) groups excluding carboxylic acids is 1. The van der Waals surface area contributed by atoms with E-state index in [1.165, 1.54) is 11.3 Å². The molecule has 3 aromatic rings. The topological polar surface area (TPSA) is 73.0 Å². The van der Waals surface area contributed by atoms with Gasteiger partial charge in [0.2, 0.25) is 5.76 Å². The fourth-order valence-corrected chi connectivity index (χ4v) is 3.63. The first kappa shape index (κ1) is 16.6. The fraction of sp³-hybridized carbons (Fsp3) is 0.350. The number of nitrogens with zero attached hydrogens (tertiary/aromatic N) is 3. The average molecular weight is 350 g/mol. The molecule has 0 aliphatic heterocycles. The summed E-state index contributed by atoms with van der Waals surface area (Å²) in [5.74, 6) is 0.593. The number of carbonyl (C=O) groups is 1. The smallest absolute Gasteiger partial charge is 0.289 e. The molecule has 1 aliphatic rings. The van der Waals surface area contributed by atoms with Crippen LogP contribution in [0, 0.1) is 13.8 Å². The molecule has 1 atom stereocenters. The summed E-state index contributed by atoms with van der Waals surface area (Å²) in [6.45, 7) is 4.28. The van der Waals surface area contributed by atoms with E-state index in [0.29, 0.717) is 17.3 Å². The molecule has 26 heavy (non-hydrogen) atoms. The summed E-state index contributed by atoms with van der Waals surface area (Å²) >= 11 is 0. The average Bonchev–Trinajstić information content (AvgIpc) is 3.19. The molecule has 134 valence electrons. The molecule has 2 aromatic heterocycles. The molecule has 1 N–H and O–H groups in total. The predicted molar refractivity (Wildman–Crippen MR) is 96.9 cm³/mol. The molecule has 0 saturated carbocycles. The van der Waals surface area contributed by atoms with Gasteiger partial charge < -0.3 is 9.73 Å². The van der Waals surface area contributed by atoms with Crippen LogP contribution in [-0.2, 0) is 13.0 Å². The first-order valence-electron chi connectivity index (χ1n) is 8.95. The Morgan fingerprint density at radius 3 is 2.85 bits per heavy atom. The standard InChI is InChI=1S/C20H22N4O2/c1-13-19(26-14(2)22-13)20(25)23-17-9-6-10-18-16(17)11-21-24(18)12-15-7-4-3-5-8-15/h3-5,7-8,11,17H,6,9-10,12H2,1-2H3,(H,23,25)/t17-/m0/s1. The van der Waals surface area contributed by atoms with Gasteiger partial charge >= 0.3 is 0 Å². The third-order valence-electron chi connectivity index (χ3n) is 4.85. The van der Waals surface area contributed by atoms with Gasteiger partial charge in [-0.05, 0) is 31.7 Å². The zero-order valence-electron chi connectivity index (χ0n) is 15.0. The van der Waals surface area contributed by atoms with Gasteiger partial charge in [0.05, 0.1) is 24.5 Å². The molecule has 6 heteroatoms. The minimum absolute atomic E-state index is 0.0411. The van der Waals surface area contributed by atoms with Gasteiger partial charge in [-0.1, -0.05) is 30.3 Å². The quantitative estimate of drug-likeness (QED) is 0.783. The highest BCUT2D eigenvalue weighted by atomic mass is 16.4. The summed E-state index contributed by atoms with van der Waals surface area (Å²) in [6.07, 6.45) is 4.80. The van der Waals surface area contributed by atoms with Crippen molar-refractivity contribution in [2.24, 2.45) is 0 Å². The highest BCUT2D eigenvalue weighted by molar-refractivity contribution is 5.92. The lowest BCUT2D eigenvalue weighted by atomic mass is 9.92. The fourth-order valence-electron chi connectivity index (χ4n) is 3.63. The van der Waals surface area contributed by atoms with Crippen LogP contribution in [0.4, 0.5) is 0 Å². The van der Waals surface area contributed by atoms with Crippen molar-refractivity contribution in [3.05, 3.63) is 70.7 Å². The maximum atomic E-state index is 12.6. The van der Waals surface area contributed by atoms with Gasteiger partial charge in [-0.25, -0.2) is 4.98 Å². The van der Waals surface area contributed by atoms with Crippen molar-refractivity contribution in [1.82, 2.24) is 20.1 Å². The van der Waals surface area contributed by atoms with E-state index in [2.05, 4.69) is 27.5 Å². The molecule has 0 bridgehead atoms. The van der Waals surface area contributed by atoms with Gasteiger partial charge in [-0.2, -0.15) is 5.10 Å². The highest BCUT2D eigenvalue weighted by Crippen LogP contribution is 2.30. The Hall–Kier alpha value is -2.89. The largest absolute Gasteiger partial charge is 0.436 e. The number of amides is 1. The lowest BCUT2D eigenvalue weighted by Crippen LogP contribution is -2.31. The number of benzene rings is 1. The molecular formula is C20H22N4O2. The Morgan fingerprint density at radius 2 is 2.12 bits per heavy atom. The summed E-state index contributed by atoms with van der Waals surface area (Å²) in [5, 5.41) is 7.67. The Balaban J connectivity index is 1.54. The molecular weight excluding hydrogens is 328 g/mol. The molecule has 4 rings (SSSR count). The second-order valence-electron chi connectivity index (χ2n) is 6.76. The lowest BCUT2D eigenvalue weighted by molar-refractivity contribution is 0.0902. The number of aryl methyl sites for hydroxylation is 2. The van der Waals surface area contributed by atoms with Crippen LogP contribution in [0.1, 0.15) is 57.8 Å². The SMILES string of the molecule is Cc1nc(C)c(C(=O)N[C@H]2CCCc3c2cnn3Cc2ccccc2)o1. The van der Waals surface area contributed by atoms with Crippen molar-refractivity contribution < 1.29 is 9.21 Å². The van der Waals surface area contributed by atoms with E-state index in [-0.39, 0.29) is 11.9 Å². The van der Waals surface area contributed by atoms with E-state index < -0.39 is 0 Å². The molecule has 1 aromatic carbocycles. The van der Waals surface area contributed by atoms with Gasteiger partial charge in [-0.3, -0.25) is 9.48 Å². The monoisotopic (exact) mass is 350 g/mol. The van der Waals surface area contributed by atoms with Crippen molar-refractivity contribution in [1.29, 1.82) is 0 Å². The number of oxazole rings is 1. The van der Waals surface area contributed by atoms with E-state index in [1.54, 1.807) is 13.8 Å². The Bertz CT molecular complexity index is 927. The molecule has 2 heterocycles. The minimum Gasteiger partial charge on any atom is -0.436 e. The van der Waals surface area contributed by atoms with Crippen molar-refractivity contribution in [2.45, 2.75) is 45.7 Å². The van der Waals surface area contributed by atoms with Crippen molar-refractivity contribution in [3.8, 4) is 0 Å². The second-order valence-corrected chi connectivity index (χ2v) is 6.76. The zero-order valence-corrected chi connectivity index (χ0v) is 15.0. The normalized spacial score (nSPS) is 16.3. The van der Waals surface area contributed by atoms with E-state index in [0.717, 1.165) is 31.4 Å². The van der Waals surface area contributed by atoms with Crippen LogP contribution in [-0.4, -0.2) is 20.7 Å². The summed E-state index contributed by atoms with van der Waals surface area (Å²) in [6, 6.07) is 10.3. The van der Waals surface area contributed by atoms with Crippen molar-refractivity contribution >= 4 is 5.91 Å². The predicted octanol–water partition coefficient (Wildman–Crippen LogP) is 3.34. The molecule has 0 unspecified atom stereocenters. The van der Waals surface area contributed by atoms with Crippen LogP contribution in [0.25, 0.3) is 0 Å². The third-order valence-corrected chi connectivity index (χ3v) is 4.85. The van der Waals surface area contributed by atoms with Crippen LogP contribution in [0.15, 0.2) is 40.9 Å². The van der Waals surface area contributed by atoms with Crippen LogP contribution in [0.5, 0.6) is 0 Å². The summed E-state index contributed by atoms with van der Waals surface area (Å²) in [4.78, 5) is 16.8. The van der Waals surface area contributed by atoms with Crippen LogP contribution in [0.3, 0.4) is 0 Å². The van der Waals surface area contributed by atoms with E-state index in [9.17, 15) is 4.79 Å².